The highest BCUT2D eigenvalue weighted by Crippen LogP contribution is 2.29. The average Bonchev–Trinajstić information content (AvgIpc) is 2.17. The Morgan fingerprint density at radius 3 is 1.87 bits per heavy atom. The van der Waals surface area contributed by atoms with Crippen LogP contribution in [0.25, 0.3) is 0 Å². The van der Waals surface area contributed by atoms with Crippen molar-refractivity contribution < 1.29 is 9.47 Å². The van der Waals surface area contributed by atoms with Gasteiger partial charge in [0.05, 0.1) is 14.2 Å². The smallest absolute Gasteiger partial charge is 0.126 e. The molecule has 0 aromatic heterocycles. The molecule has 0 saturated heterocycles. The lowest BCUT2D eigenvalue weighted by Crippen LogP contribution is -2.11. The zero-order valence-electron chi connectivity index (χ0n) is 8.96. The number of hydrogen-bond acceptors (Lipinski definition) is 3. The van der Waals surface area contributed by atoms with Crippen molar-refractivity contribution >= 4 is 18.2 Å². The summed E-state index contributed by atoms with van der Waals surface area (Å²) in [5, 5.41) is 7.32. The molecule has 0 atom stereocenters. The fourth-order valence-electron chi connectivity index (χ4n) is 1.24. The van der Waals surface area contributed by atoms with E-state index in [0.29, 0.717) is 17.1 Å². The van der Waals surface area contributed by atoms with Gasteiger partial charge in [0.15, 0.2) is 0 Å². The molecule has 0 bridgehead atoms. The SMILES string of the molecule is COc1cc(C(=N)N)cc(OC)c1C.Cl. The minimum absolute atomic E-state index is 0. The van der Waals surface area contributed by atoms with Gasteiger partial charge in [0.25, 0.3) is 0 Å². The third-order valence-electron chi connectivity index (χ3n) is 2.06. The number of nitrogen functional groups attached to an aromatic ring is 1. The normalized spacial score (nSPS) is 9.00. The van der Waals surface area contributed by atoms with E-state index in [9.17, 15) is 0 Å². The molecule has 0 unspecified atom stereocenters. The maximum Gasteiger partial charge on any atom is 0.126 e. The first-order valence-electron chi connectivity index (χ1n) is 4.17. The molecule has 0 heterocycles. The van der Waals surface area contributed by atoms with Gasteiger partial charge in [0, 0.05) is 11.1 Å². The fraction of sp³-hybridized carbons (Fsp3) is 0.300. The summed E-state index contributed by atoms with van der Waals surface area (Å²) in [5.41, 5.74) is 6.89. The Kier molecular flexibility index (Phi) is 4.94. The van der Waals surface area contributed by atoms with Gasteiger partial charge in [-0.1, -0.05) is 0 Å². The third kappa shape index (κ3) is 2.76. The van der Waals surface area contributed by atoms with Crippen LogP contribution < -0.4 is 15.2 Å². The van der Waals surface area contributed by atoms with E-state index >= 15 is 0 Å². The molecule has 3 N–H and O–H groups in total. The van der Waals surface area contributed by atoms with Gasteiger partial charge in [-0.15, -0.1) is 12.4 Å². The number of hydrogen-bond donors (Lipinski definition) is 2. The Balaban J connectivity index is 0.00000196. The second kappa shape index (κ2) is 5.46. The van der Waals surface area contributed by atoms with Gasteiger partial charge >= 0.3 is 0 Å². The van der Waals surface area contributed by atoms with Gasteiger partial charge in [0.2, 0.25) is 0 Å². The van der Waals surface area contributed by atoms with Crippen molar-refractivity contribution in [3.8, 4) is 11.5 Å². The molecule has 1 aromatic carbocycles. The van der Waals surface area contributed by atoms with Crippen LogP contribution in [0, 0.1) is 12.3 Å². The van der Waals surface area contributed by atoms with E-state index in [4.69, 9.17) is 20.6 Å². The maximum absolute atomic E-state index is 7.32. The van der Waals surface area contributed by atoms with Gasteiger partial charge in [-0.3, -0.25) is 5.41 Å². The first kappa shape index (κ1) is 13.6. The fourth-order valence-corrected chi connectivity index (χ4v) is 1.24. The van der Waals surface area contributed by atoms with Crippen LogP contribution in [0.4, 0.5) is 0 Å². The molecule has 0 fully saturated rings. The average molecular weight is 231 g/mol. The standard InChI is InChI=1S/C10H14N2O2.ClH/c1-6-8(13-2)4-7(10(11)12)5-9(6)14-3;/h4-5H,1-3H3,(H3,11,12);1H. The van der Waals surface area contributed by atoms with Crippen LogP contribution in [-0.2, 0) is 0 Å². The van der Waals surface area contributed by atoms with Gasteiger partial charge in [-0.2, -0.15) is 0 Å². The summed E-state index contributed by atoms with van der Waals surface area (Å²) in [6.07, 6.45) is 0. The molecular formula is C10H15ClN2O2. The number of ether oxygens (including phenoxy) is 2. The van der Waals surface area contributed by atoms with Crippen LogP contribution in [0.2, 0.25) is 0 Å². The first-order valence-corrected chi connectivity index (χ1v) is 4.17. The summed E-state index contributed by atoms with van der Waals surface area (Å²) in [6.45, 7) is 1.89. The molecular weight excluding hydrogens is 216 g/mol. The summed E-state index contributed by atoms with van der Waals surface area (Å²) in [5.74, 6) is 1.35. The lowest BCUT2D eigenvalue weighted by atomic mass is 10.1. The largest absolute Gasteiger partial charge is 0.496 e. The zero-order chi connectivity index (χ0) is 10.7. The molecule has 0 aliphatic heterocycles. The molecule has 0 spiro atoms. The summed E-state index contributed by atoms with van der Waals surface area (Å²) < 4.78 is 10.3. The van der Waals surface area contributed by atoms with E-state index in [1.54, 1.807) is 26.4 Å². The molecule has 15 heavy (non-hydrogen) atoms. The molecule has 0 radical (unpaired) electrons. The quantitative estimate of drug-likeness (QED) is 0.614. The topological polar surface area (TPSA) is 68.3 Å². The zero-order valence-corrected chi connectivity index (χ0v) is 9.77. The number of halogens is 1. The molecule has 0 aliphatic carbocycles. The molecule has 1 rings (SSSR count). The summed E-state index contributed by atoms with van der Waals surface area (Å²) >= 11 is 0. The molecule has 0 saturated carbocycles. The van der Waals surface area contributed by atoms with Crippen molar-refractivity contribution in [2.75, 3.05) is 14.2 Å². The number of amidine groups is 1. The minimum atomic E-state index is 0. The second-order valence-corrected chi connectivity index (χ2v) is 2.92. The highest BCUT2D eigenvalue weighted by molar-refractivity contribution is 5.96. The van der Waals surface area contributed by atoms with E-state index in [0.717, 1.165) is 5.56 Å². The monoisotopic (exact) mass is 230 g/mol. The summed E-state index contributed by atoms with van der Waals surface area (Å²) in [7, 11) is 3.15. The van der Waals surface area contributed by atoms with Crippen LogP contribution in [0.1, 0.15) is 11.1 Å². The number of nitrogens with one attached hydrogen (secondary N) is 1. The highest BCUT2D eigenvalue weighted by Gasteiger charge is 2.09. The molecule has 0 aliphatic rings. The van der Waals surface area contributed by atoms with Crippen LogP contribution in [0.3, 0.4) is 0 Å². The Morgan fingerprint density at radius 2 is 1.60 bits per heavy atom. The Bertz CT molecular complexity index is 341. The number of rotatable bonds is 3. The van der Waals surface area contributed by atoms with Crippen LogP contribution >= 0.6 is 12.4 Å². The van der Waals surface area contributed by atoms with Crippen molar-refractivity contribution in [1.29, 1.82) is 5.41 Å². The highest BCUT2D eigenvalue weighted by atomic mass is 35.5. The van der Waals surface area contributed by atoms with Crippen molar-refractivity contribution in [2.45, 2.75) is 6.92 Å². The van der Waals surface area contributed by atoms with E-state index in [2.05, 4.69) is 0 Å². The van der Waals surface area contributed by atoms with E-state index in [1.165, 1.54) is 0 Å². The van der Waals surface area contributed by atoms with E-state index in [1.807, 2.05) is 6.92 Å². The number of nitrogens with two attached hydrogens (primary N) is 1. The van der Waals surface area contributed by atoms with Gasteiger partial charge < -0.3 is 15.2 Å². The van der Waals surface area contributed by atoms with Crippen molar-refractivity contribution in [2.24, 2.45) is 5.73 Å². The van der Waals surface area contributed by atoms with Crippen molar-refractivity contribution in [3.63, 3.8) is 0 Å². The Hall–Kier alpha value is -1.42. The minimum Gasteiger partial charge on any atom is -0.496 e. The van der Waals surface area contributed by atoms with Crippen LogP contribution in [-0.4, -0.2) is 20.1 Å². The lowest BCUT2D eigenvalue weighted by molar-refractivity contribution is 0.388. The molecule has 84 valence electrons. The predicted octanol–water partition coefficient (Wildman–Crippen LogP) is 1.72. The predicted molar refractivity (Wildman–Crippen MR) is 62.5 cm³/mol. The van der Waals surface area contributed by atoms with E-state index < -0.39 is 0 Å². The Labute approximate surface area is 95.3 Å². The van der Waals surface area contributed by atoms with E-state index in [-0.39, 0.29) is 18.2 Å². The van der Waals surface area contributed by atoms with Crippen LogP contribution in [0.15, 0.2) is 12.1 Å². The molecule has 4 nitrogen and oxygen atoms in total. The Morgan fingerprint density at radius 1 is 1.20 bits per heavy atom. The lowest BCUT2D eigenvalue weighted by Gasteiger charge is -2.11. The van der Waals surface area contributed by atoms with Crippen LogP contribution in [0.5, 0.6) is 11.5 Å². The van der Waals surface area contributed by atoms with Gasteiger partial charge in [0.1, 0.15) is 17.3 Å². The number of methoxy groups -OCH3 is 2. The summed E-state index contributed by atoms with van der Waals surface area (Å²) in [4.78, 5) is 0. The maximum atomic E-state index is 7.32. The third-order valence-corrected chi connectivity index (χ3v) is 2.06. The van der Waals surface area contributed by atoms with Crippen molar-refractivity contribution in [1.82, 2.24) is 0 Å². The van der Waals surface area contributed by atoms with Gasteiger partial charge in [-0.25, -0.2) is 0 Å². The molecule has 5 heteroatoms. The van der Waals surface area contributed by atoms with Gasteiger partial charge in [-0.05, 0) is 19.1 Å². The summed E-state index contributed by atoms with van der Waals surface area (Å²) in [6, 6.07) is 3.44. The molecule has 0 amide bonds. The van der Waals surface area contributed by atoms with Crippen molar-refractivity contribution in [3.05, 3.63) is 23.3 Å². The second-order valence-electron chi connectivity index (χ2n) is 2.92. The first-order chi connectivity index (χ1) is 6.60. The molecule has 1 aromatic rings. The number of benzene rings is 1.